The third-order valence-corrected chi connectivity index (χ3v) is 1.41. The fourth-order valence-corrected chi connectivity index (χ4v) is 0.950. The number of hydrogen-bond donors (Lipinski definition) is 1. The Hall–Kier alpha value is -1.19. The van der Waals surface area contributed by atoms with Crippen LogP contribution in [-0.4, -0.2) is 22.9 Å². The van der Waals surface area contributed by atoms with Crippen molar-refractivity contribution in [2.24, 2.45) is 7.05 Å². The zero-order chi connectivity index (χ0) is 9.14. The van der Waals surface area contributed by atoms with Gasteiger partial charge in [0.15, 0.2) is 0 Å². The molecule has 0 atom stereocenters. The van der Waals surface area contributed by atoms with E-state index < -0.39 is 0 Å². The minimum atomic E-state index is 0.159. The Bertz CT molecular complexity index is 255. The highest BCUT2D eigenvalue weighted by Gasteiger charge is 2.07. The second-order valence-electron chi connectivity index (χ2n) is 2.94. The van der Waals surface area contributed by atoms with Gasteiger partial charge in [0.25, 0.3) is 5.88 Å². The van der Waals surface area contributed by atoms with Crippen LogP contribution in [0.3, 0.4) is 0 Å². The molecule has 0 unspecified atom stereocenters. The topological polar surface area (TPSA) is 39.1 Å². The quantitative estimate of drug-likeness (QED) is 0.740. The van der Waals surface area contributed by atoms with E-state index in [2.05, 4.69) is 10.4 Å². The molecule has 1 heterocycles. The minimum absolute atomic E-state index is 0.159. The molecule has 0 aliphatic rings. The van der Waals surface area contributed by atoms with Crippen LogP contribution in [0.15, 0.2) is 6.20 Å². The molecule has 0 aliphatic carbocycles. The number of aryl methyl sites for hydroxylation is 1. The molecule has 1 N–H and O–H groups in total. The summed E-state index contributed by atoms with van der Waals surface area (Å²) in [5, 5.41) is 7.17. The van der Waals surface area contributed by atoms with Crippen molar-refractivity contribution in [1.82, 2.24) is 9.78 Å². The average molecular weight is 169 g/mol. The Balaban J connectivity index is 2.81. The molecular weight excluding hydrogens is 154 g/mol. The van der Waals surface area contributed by atoms with Crippen LogP contribution in [0.5, 0.6) is 5.88 Å². The van der Waals surface area contributed by atoms with Gasteiger partial charge in [-0.1, -0.05) is 0 Å². The Morgan fingerprint density at radius 1 is 1.58 bits per heavy atom. The second-order valence-corrected chi connectivity index (χ2v) is 2.94. The zero-order valence-corrected chi connectivity index (χ0v) is 7.96. The fraction of sp³-hybridized carbons (Fsp3) is 0.625. The van der Waals surface area contributed by atoms with Crippen LogP contribution in [0.2, 0.25) is 0 Å². The lowest BCUT2D eigenvalue weighted by Crippen LogP contribution is -2.07. The van der Waals surface area contributed by atoms with Crippen LogP contribution in [-0.2, 0) is 7.05 Å². The Labute approximate surface area is 72.5 Å². The van der Waals surface area contributed by atoms with E-state index in [0.29, 0.717) is 5.88 Å². The summed E-state index contributed by atoms with van der Waals surface area (Å²) in [6.45, 7) is 3.96. The Morgan fingerprint density at radius 3 is 2.75 bits per heavy atom. The highest BCUT2D eigenvalue weighted by molar-refractivity contribution is 5.50. The number of aromatic nitrogens is 2. The first-order chi connectivity index (χ1) is 5.63. The van der Waals surface area contributed by atoms with Gasteiger partial charge in [-0.05, 0) is 13.8 Å². The lowest BCUT2D eigenvalue weighted by atomic mass is 10.5. The van der Waals surface area contributed by atoms with Gasteiger partial charge in [0.1, 0.15) is 5.69 Å². The number of hydrogen-bond acceptors (Lipinski definition) is 3. The van der Waals surface area contributed by atoms with Crippen molar-refractivity contribution >= 4 is 5.69 Å². The summed E-state index contributed by atoms with van der Waals surface area (Å²) < 4.78 is 7.19. The summed E-state index contributed by atoms with van der Waals surface area (Å²) in [7, 11) is 3.72. The van der Waals surface area contributed by atoms with Gasteiger partial charge in [0.05, 0.1) is 12.3 Å². The molecule has 0 fully saturated rings. The number of ether oxygens (including phenoxy) is 1. The summed E-state index contributed by atoms with van der Waals surface area (Å²) >= 11 is 0. The molecule has 0 saturated carbocycles. The normalized spacial score (nSPS) is 10.4. The third kappa shape index (κ3) is 1.90. The molecule has 4 heteroatoms. The molecule has 0 saturated heterocycles. The zero-order valence-electron chi connectivity index (χ0n) is 7.96. The lowest BCUT2D eigenvalue weighted by molar-refractivity contribution is 0.232. The summed E-state index contributed by atoms with van der Waals surface area (Å²) in [5.74, 6) is 0.662. The van der Waals surface area contributed by atoms with E-state index in [1.807, 2.05) is 34.1 Å². The van der Waals surface area contributed by atoms with Crippen LogP contribution < -0.4 is 10.1 Å². The van der Waals surface area contributed by atoms with E-state index in [1.165, 1.54) is 0 Å². The molecule has 1 aromatic rings. The second kappa shape index (κ2) is 3.47. The predicted octanol–water partition coefficient (Wildman–Crippen LogP) is 1.25. The van der Waals surface area contributed by atoms with Crippen molar-refractivity contribution in [1.29, 1.82) is 0 Å². The first kappa shape index (κ1) is 8.90. The van der Waals surface area contributed by atoms with E-state index in [0.717, 1.165) is 5.69 Å². The van der Waals surface area contributed by atoms with E-state index in [4.69, 9.17) is 4.74 Å². The van der Waals surface area contributed by atoms with Gasteiger partial charge in [-0.15, -0.1) is 5.10 Å². The molecule has 68 valence electrons. The van der Waals surface area contributed by atoms with Gasteiger partial charge in [-0.2, -0.15) is 0 Å². The Kier molecular flexibility index (Phi) is 2.58. The molecule has 0 bridgehead atoms. The molecule has 0 aromatic carbocycles. The smallest absolute Gasteiger partial charge is 0.256 e. The Morgan fingerprint density at radius 2 is 2.25 bits per heavy atom. The van der Waals surface area contributed by atoms with E-state index in [-0.39, 0.29) is 6.10 Å². The maximum absolute atomic E-state index is 5.46. The maximum atomic E-state index is 5.46. The van der Waals surface area contributed by atoms with Crippen molar-refractivity contribution < 1.29 is 4.74 Å². The highest BCUT2D eigenvalue weighted by Crippen LogP contribution is 2.21. The van der Waals surface area contributed by atoms with E-state index in [1.54, 1.807) is 4.68 Å². The van der Waals surface area contributed by atoms with E-state index in [9.17, 15) is 0 Å². The van der Waals surface area contributed by atoms with Crippen molar-refractivity contribution in [2.75, 3.05) is 12.4 Å². The van der Waals surface area contributed by atoms with Crippen LogP contribution >= 0.6 is 0 Å². The van der Waals surface area contributed by atoms with Gasteiger partial charge in [0.2, 0.25) is 0 Å². The SMILES string of the molecule is CNc1cn(C)nc1OC(C)C. The molecule has 1 aromatic heterocycles. The lowest BCUT2D eigenvalue weighted by Gasteiger charge is -2.07. The highest BCUT2D eigenvalue weighted by atomic mass is 16.5. The molecule has 0 aliphatic heterocycles. The number of rotatable bonds is 3. The first-order valence-corrected chi connectivity index (χ1v) is 4.01. The van der Waals surface area contributed by atoms with Crippen molar-refractivity contribution in [3.05, 3.63) is 6.20 Å². The monoisotopic (exact) mass is 169 g/mol. The molecule has 0 radical (unpaired) electrons. The molecule has 0 spiro atoms. The number of nitrogens with one attached hydrogen (secondary N) is 1. The minimum Gasteiger partial charge on any atom is -0.472 e. The molecular formula is C8H15N3O. The molecule has 1 rings (SSSR count). The van der Waals surface area contributed by atoms with Gasteiger partial charge in [0, 0.05) is 14.1 Å². The van der Waals surface area contributed by atoms with Crippen molar-refractivity contribution in [3.63, 3.8) is 0 Å². The van der Waals surface area contributed by atoms with Crippen LogP contribution in [0.4, 0.5) is 5.69 Å². The van der Waals surface area contributed by atoms with Gasteiger partial charge in [-0.25, -0.2) is 0 Å². The van der Waals surface area contributed by atoms with Crippen LogP contribution in [0.25, 0.3) is 0 Å². The summed E-state index contributed by atoms with van der Waals surface area (Å²) in [6, 6.07) is 0. The third-order valence-electron chi connectivity index (χ3n) is 1.41. The van der Waals surface area contributed by atoms with Crippen LogP contribution in [0, 0.1) is 0 Å². The summed E-state index contributed by atoms with van der Waals surface area (Å²) in [6.07, 6.45) is 2.05. The predicted molar refractivity (Wildman–Crippen MR) is 48.5 cm³/mol. The van der Waals surface area contributed by atoms with Gasteiger partial charge in [-0.3, -0.25) is 4.68 Å². The largest absolute Gasteiger partial charge is 0.472 e. The van der Waals surface area contributed by atoms with E-state index >= 15 is 0 Å². The number of nitrogens with zero attached hydrogens (tertiary/aromatic N) is 2. The standard InChI is InChI=1S/C8H15N3O/c1-6(2)12-8-7(9-3)5-11(4)10-8/h5-6,9H,1-4H3. The van der Waals surface area contributed by atoms with Gasteiger partial charge < -0.3 is 10.1 Å². The maximum Gasteiger partial charge on any atom is 0.256 e. The first-order valence-electron chi connectivity index (χ1n) is 4.01. The van der Waals surface area contributed by atoms with Crippen molar-refractivity contribution in [3.8, 4) is 5.88 Å². The molecule has 12 heavy (non-hydrogen) atoms. The number of anilines is 1. The van der Waals surface area contributed by atoms with Crippen LogP contribution in [0.1, 0.15) is 13.8 Å². The fourth-order valence-electron chi connectivity index (χ4n) is 0.950. The molecule has 0 amide bonds. The van der Waals surface area contributed by atoms with Gasteiger partial charge >= 0.3 is 0 Å². The molecule has 4 nitrogen and oxygen atoms in total. The summed E-state index contributed by atoms with van der Waals surface area (Å²) in [5.41, 5.74) is 0.922. The summed E-state index contributed by atoms with van der Waals surface area (Å²) in [4.78, 5) is 0. The average Bonchev–Trinajstić information content (AvgIpc) is 2.29. The van der Waals surface area contributed by atoms with Crippen molar-refractivity contribution in [2.45, 2.75) is 20.0 Å².